The van der Waals surface area contributed by atoms with E-state index in [1.54, 1.807) is 12.3 Å². The standard InChI is InChI=1S/C10H16N4O/c1-11-8-3-2-6-14(7-8)10(15)9-4-5-12-13-9/h4-5,8,11H,2-3,6-7H2,1H3,(H,12,13). The quantitative estimate of drug-likeness (QED) is 0.731. The van der Waals surface area contributed by atoms with E-state index in [2.05, 4.69) is 15.5 Å². The van der Waals surface area contributed by atoms with Gasteiger partial charge in [0.1, 0.15) is 5.69 Å². The summed E-state index contributed by atoms with van der Waals surface area (Å²) < 4.78 is 0. The van der Waals surface area contributed by atoms with E-state index >= 15 is 0 Å². The van der Waals surface area contributed by atoms with Gasteiger partial charge in [0.25, 0.3) is 5.91 Å². The number of carbonyl (C=O) groups excluding carboxylic acids is 1. The second-order valence-corrected chi connectivity index (χ2v) is 3.85. The molecule has 5 nitrogen and oxygen atoms in total. The van der Waals surface area contributed by atoms with Crippen LogP contribution < -0.4 is 5.32 Å². The topological polar surface area (TPSA) is 61.0 Å². The van der Waals surface area contributed by atoms with Gasteiger partial charge in [-0.15, -0.1) is 0 Å². The van der Waals surface area contributed by atoms with Gasteiger partial charge in [0.2, 0.25) is 0 Å². The van der Waals surface area contributed by atoms with Crippen molar-refractivity contribution >= 4 is 5.91 Å². The highest BCUT2D eigenvalue weighted by atomic mass is 16.2. The van der Waals surface area contributed by atoms with Crippen LogP contribution in [0.2, 0.25) is 0 Å². The summed E-state index contributed by atoms with van der Waals surface area (Å²) in [6.07, 6.45) is 3.81. The molecule has 0 saturated carbocycles. The van der Waals surface area contributed by atoms with Gasteiger partial charge in [-0.25, -0.2) is 0 Å². The van der Waals surface area contributed by atoms with Gasteiger partial charge < -0.3 is 10.2 Å². The SMILES string of the molecule is CNC1CCCN(C(=O)c2ccn[nH]2)C1. The molecule has 1 aromatic heterocycles. The first-order valence-corrected chi connectivity index (χ1v) is 5.27. The molecule has 2 rings (SSSR count). The molecule has 5 heteroatoms. The number of carbonyl (C=O) groups is 1. The average molecular weight is 208 g/mol. The van der Waals surface area contributed by atoms with Crippen molar-refractivity contribution in [3.05, 3.63) is 18.0 Å². The lowest BCUT2D eigenvalue weighted by Crippen LogP contribution is -2.47. The minimum absolute atomic E-state index is 0.0486. The molecular formula is C10H16N4O. The van der Waals surface area contributed by atoms with Crippen LogP contribution >= 0.6 is 0 Å². The first-order chi connectivity index (χ1) is 7.31. The van der Waals surface area contributed by atoms with Gasteiger partial charge in [0.05, 0.1) is 0 Å². The lowest BCUT2D eigenvalue weighted by molar-refractivity contribution is 0.0692. The third-order valence-corrected chi connectivity index (χ3v) is 2.85. The highest BCUT2D eigenvalue weighted by molar-refractivity contribution is 5.92. The molecule has 1 fully saturated rings. The first-order valence-electron chi connectivity index (χ1n) is 5.27. The molecule has 2 heterocycles. The zero-order valence-corrected chi connectivity index (χ0v) is 8.86. The predicted octanol–water partition coefficient (Wildman–Crippen LogP) is 0.234. The number of hydrogen-bond acceptors (Lipinski definition) is 3. The summed E-state index contributed by atoms with van der Waals surface area (Å²) in [7, 11) is 1.94. The van der Waals surface area contributed by atoms with Crippen molar-refractivity contribution in [2.24, 2.45) is 0 Å². The van der Waals surface area contributed by atoms with Crippen molar-refractivity contribution in [2.75, 3.05) is 20.1 Å². The number of rotatable bonds is 2. The smallest absolute Gasteiger partial charge is 0.271 e. The normalized spacial score (nSPS) is 21.7. The molecule has 82 valence electrons. The molecule has 1 aliphatic heterocycles. The summed E-state index contributed by atoms with van der Waals surface area (Å²) in [4.78, 5) is 13.8. The number of piperidine rings is 1. The number of aromatic nitrogens is 2. The van der Waals surface area contributed by atoms with Gasteiger partial charge in [0, 0.05) is 25.3 Å². The number of aromatic amines is 1. The highest BCUT2D eigenvalue weighted by Crippen LogP contribution is 2.12. The molecule has 0 spiro atoms. The van der Waals surface area contributed by atoms with E-state index < -0.39 is 0 Å². The molecule has 1 aliphatic rings. The molecular weight excluding hydrogens is 192 g/mol. The van der Waals surface area contributed by atoms with Gasteiger partial charge >= 0.3 is 0 Å². The van der Waals surface area contributed by atoms with Crippen molar-refractivity contribution in [2.45, 2.75) is 18.9 Å². The van der Waals surface area contributed by atoms with Gasteiger partial charge in [-0.05, 0) is 26.0 Å². The number of hydrogen-bond donors (Lipinski definition) is 2. The largest absolute Gasteiger partial charge is 0.336 e. The van der Waals surface area contributed by atoms with Crippen molar-refractivity contribution in [1.29, 1.82) is 0 Å². The van der Waals surface area contributed by atoms with Crippen LogP contribution in [-0.2, 0) is 0 Å². The zero-order valence-electron chi connectivity index (χ0n) is 8.86. The predicted molar refractivity (Wildman–Crippen MR) is 56.6 cm³/mol. The van der Waals surface area contributed by atoms with Crippen molar-refractivity contribution in [3.8, 4) is 0 Å². The molecule has 0 radical (unpaired) electrons. The summed E-state index contributed by atoms with van der Waals surface area (Å²) >= 11 is 0. The van der Waals surface area contributed by atoms with E-state index in [1.165, 1.54) is 0 Å². The third-order valence-electron chi connectivity index (χ3n) is 2.85. The zero-order chi connectivity index (χ0) is 10.7. The molecule has 0 aliphatic carbocycles. The molecule has 1 amide bonds. The van der Waals surface area contributed by atoms with Crippen LogP contribution in [0.1, 0.15) is 23.3 Å². The first kappa shape index (κ1) is 10.2. The Morgan fingerprint density at radius 1 is 1.73 bits per heavy atom. The number of H-pyrrole nitrogens is 1. The molecule has 1 saturated heterocycles. The molecule has 15 heavy (non-hydrogen) atoms. The maximum Gasteiger partial charge on any atom is 0.271 e. The maximum absolute atomic E-state index is 11.9. The summed E-state index contributed by atoms with van der Waals surface area (Å²) in [5.41, 5.74) is 0.576. The molecule has 2 N–H and O–H groups in total. The number of likely N-dealkylation sites (tertiary alicyclic amines) is 1. The van der Waals surface area contributed by atoms with Crippen LogP contribution in [0.25, 0.3) is 0 Å². The number of likely N-dealkylation sites (N-methyl/N-ethyl adjacent to an activating group) is 1. The van der Waals surface area contributed by atoms with E-state index in [-0.39, 0.29) is 5.91 Å². The van der Waals surface area contributed by atoms with E-state index in [0.717, 1.165) is 25.9 Å². The van der Waals surface area contributed by atoms with Crippen molar-refractivity contribution in [1.82, 2.24) is 20.4 Å². The Morgan fingerprint density at radius 3 is 3.27 bits per heavy atom. The van der Waals surface area contributed by atoms with E-state index in [0.29, 0.717) is 11.7 Å². The minimum atomic E-state index is 0.0486. The fourth-order valence-corrected chi connectivity index (χ4v) is 1.94. The van der Waals surface area contributed by atoms with E-state index in [1.807, 2.05) is 11.9 Å². The number of nitrogens with one attached hydrogen (secondary N) is 2. The third kappa shape index (κ3) is 2.18. The van der Waals surface area contributed by atoms with Crippen LogP contribution in [0.4, 0.5) is 0 Å². The molecule has 0 aromatic carbocycles. The molecule has 0 bridgehead atoms. The van der Waals surface area contributed by atoms with E-state index in [4.69, 9.17) is 0 Å². The van der Waals surface area contributed by atoms with Crippen LogP contribution in [-0.4, -0.2) is 47.2 Å². The Hall–Kier alpha value is -1.36. The van der Waals surface area contributed by atoms with Gasteiger partial charge in [0.15, 0.2) is 0 Å². The number of amides is 1. The van der Waals surface area contributed by atoms with Gasteiger partial charge in [-0.2, -0.15) is 5.10 Å². The second kappa shape index (κ2) is 4.44. The Kier molecular flexibility index (Phi) is 3.01. The average Bonchev–Trinajstić information content (AvgIpc) is 2.81. The van der Waals surface area contributed by atoms with Crippen LogP contribution in [0.5, 0.6) is 0 Å². The summed E-state index contributed by atoms with van der Waals surface area (Å²) in [5.74, 6) is 0.0486. The minimum Gasteiger partial charge on any atom is -0.336 e. The summed E-state index contributed by atoms with van der Waals surface area (Å²) in [5, 5.41) is 9.71. The highest BCUT2D eigenvalue weighted by Gasteiger charge is 2.23. The van der Waals surface area contributed by atoms with Crippen LogP contribution in [0.3, 0.4) is 0 Å². The Morgan fingerprint density at radius 2 is 2.60 bits per heavy atom. The van der Waals surface area contributed by atoms with E-state index in [9.17, 15) is 4.79 Å². The van der Waals surface area contributed by atoms with Crippen LogP contribution in [0, 0.1) is 0 Å². The molecule has 1 unspecified atom stereocenters. The monoisotopic (exact) mass is 208 g/mol. The lowest BCUT2D eigenvalue weighted by Gasteiger charge is -2.32. The fraction of sp³-hybridized carbons (Fsp3) is 0.600. The van der Waals surface area contributed by atoms with Crippen molar-refractivity contribution in [3.63, 3.8) is 0 Å². The Labute approximate surface area is 88.8 Å². The Bertz CT molecular complexity index is 322. The van der Waals surface area contributed by atoms with Crippen molar-refractivity contribution < 1.29 is 4.79 Å². The lowest BCUT2D eigenvalue weighted by atomic mass is 10.1. The molecule has 1 atom stereocenters. The molecule has 1 aromatic rings. The summed E-state index contributed by atoms with van der Waals surface area (Å²) in [6, 6.07) is 2.14. The fourth-order valence-electron chi connectivity index (χ4n) is 1.94. The van der Waals surface area contributed by atoms with Crippen LogP contribution in [0.15, 0.2) is 12.3 Å². The summed E-state index contributed by atoms with van der Waals surface area (Å²) in [6.45, 7) is 1.63. The van der Waals surface area contributed by atoms with Gasteiger partial charge in [-0.1, -0.05) is 0 Å². The number of nitrogens with zero attached hydrogens (tertiary/aromatic N) is 2. The second-order valence-electron chi connectivity index (χ2n) is 3.85. The maximum atomic E-state index is 11.9. The Balaban J connectivity index is 2.01. The van der Waals surface area contributed by atoms with Gasteiger partial charge in [-0.3, -0.25) is 9.89 Å².